The van der Waals surface area contributed by atoms with Crippen LogP contribution in [0.5, 0.6) is 11.5 Å². The molecule has 0 radical (unpaired) electrons. The molecule has 11 rings (SSSR count). The molecule has 2 aromatic heterocycles. The first-order valence-electron chi connectivity index (χ1n) is 29.3. The predicted molar refractivity (Wildman–Crippen MR) is 343 cm³/mol. The van der Waals surface area contributed by atoms with E-state index in [1.54, 1.807) is 0 Å². The van der Waals surface area contributed by atoms with Crippen molar-refractivity contribution in [3.05, 3.63) is 222 Å². The minimum atomic E-state index is -0.642. The molecule has 0 saturated carbocycles. The number of benzene rings is 8. The number of ether oxygens (including phenoxy) is 1. The molecule has 0 atom stereocenters. The molecule has 3 heterocycles. The quantitative estimate of drug-likeness (QED) is 0.128. The zero-order chi connectivity index (χ0) is 59.2. The number of pyridine rings is 1. The normalized spacial score (nSPS) is 13.1. The van der Waals surface area contributed by atoms with E-state index in [-0.39, 0.29) is 54.6 Å². The summed E-state index contributed by atoms with van der Waals surface area (Å²) in [5, 5.41) is 2.14. The Morgan fingerprint density at radius 1 is 0.488 bits per heavy atom. The van der Waals surface area contributed by atoms with Crippen molar-refractivity contribution in [2.24, 2.45) is 0 Å². The second-order valence-corrected chi connectivity index (χ2v) is 27.4. The molecule has 1 aliphatic heterocycles. The average molecular weight is 1300 g/mol. The molecular formula is C76H77F2N4OPt-3. The maximum Gasteiger partial charge on any atom is 0.135 e. The van der Waals surface area contributed by atoms with Gasteiger partial charge in [0.05, 0.1) is 0 Å². The molecular weight excluding hydrogens is 1220 g/mol. The summed E-state index contributed by atoms with van der Waals surface area (Å²) < 4.78 is 40.9. The Morgan fingerprint density at radius 3 is 1.62 bits per heavy atom. The summed E-state index contributed by atoms with van der Waals surface area (Å²) in [4.78, 5) is 9.34. The fraction of sp³-hybridized carbons (Fsp3) is 0.289. The largest absolute Gasteiger partial charge is 0.509 e. The Balaban J connectivity index is 0.00000786. The molecule has 8 heteroatoms. The topological polar surface area (TPSA) is 33.5 Å². The molecule has 0 fully saturated rings. The monoisotopic (exact) mass is 1290 g/mol. The molecule has 0 amide bonds. The summed E-state index contributed by atoms with van der Waals surface area (Å²) in [7, 11) is 0. The summed E-state index contributed by atoms with van der Waals surface area (Å²) in [5.74, 6) is 1.01. The molecule has 8 aromatic carbocycles. The molecule has 434 valence electrons. The number of hydrogen-bond donors (Lipinski definition) is 0. The molecule has 0 aliphatic carbocycles. The first-order valence-corrected chi connectivity index (χ1v) is 29.3. The van der Waals surface area contributed by atoms with Crippen molar-refractivity contribution in [3.63, 3.8) is 0 Å². The average Bonchev–Trinajstić information content (AvgIpc) is 1.75. The molecule has 5 nitrogen and oxygen atoms in total. The summed E-state index contributed by atoms with van der Waals surface area (Å²) in [5.41, 5.74) is 16.8. The van der Waals surface area contributed by atoms with E-state index in [0.29, 0.717) is 22.6 Å². The maximum absolute atomic E-state index is 15.8. The minimum absolute atomic E-state index is 0. The van der Waals surface area contributed by atoms with Crippen LogP contribution in [0.3, 0.4) is 0 Å². The van der Waals surface area contributed by atoms with E-state index in [0.717, 1.165) is 84.3 Å². The van der Waals surface area contributed by atoms with Gasteiger partial charge in [-0.15, -0.1) is 53.6 Å². The molecule has 0 saturated heterocycles. The predicted octanol–water partition coefficient (Wildman–Crippen LogP) is 21.7. The summed E-state index contributed by atoms with van der Waals surface area (Å²) >= 11 is 0. The fourth-order valence-corrected chi connectivity index (χ4v) is 11.6. The first kappa shape index (κ1) is 59.8. The van der Waals surface area contributed by atoms with Crippen LogP contribution in [-0.2, 0) is 42.7 Å². The van der Waals surface area contributed by atoms with Crippen molar-refractivity contribution in [1.29, 1.82) is 0 Å². The van der Waals surface area contributed by atoms with Crippen LogP contribution in [0.25, 0.3) is 61.0 Å². The smallest absolute Gasteiger partial charge is 0.135 e. The van der Waals surface area contributed by atoms with Crippen LogP contribution >= 0.6 is 0 Å². The van der Waals surface area contributed by atoms with Gasteiger partial charge in [0, 0.05) is 78.5 Å². The van der Waals surface area contributed by atoms with Gasteiger partial charge in [0.25, 0.3) is 0 Å². The third-order valence-electron chi connectivity index (χ3n) is 16.4. The number of rotatable bonds is 10. The number of halogens is 2. The van der Waals surface area contributed by atoms with Gasteiger partial charge >= 0.3 is 0 Å². The molecule has 10 aromatic rings. The third-order valence-corrected chi connectivity index (χ3v) is 16.4. The van der Waals surface area contributed by atoms with E-state index in [4.69, 9.17) is 9.72 Å². The summed E-state index contributed by atoms with van der Waals surface area (Å²) in [6.07, 6.45) is 1.89. The van der Waals surface area contributed by atoms with E-state index < -0.39 is 11.6 Å². The van der Waals surface area contributed by atoms with Crippen LogP contribution in [0.1, 0.15) is 156 Å². The van der Waals surface area contributed by atoms with Crippen LogP contribution in [0.15, 0.2) is 158 Å². The van der Waals surface area contributed by atoms with Crippen LogP contribution in [0, 0.1) is 30.4 Å². The SMILES string of the molecule is CC(C)c1cccc(C(C)C)c1-c1cc(Oc2[c-]c3c(cc2)c2ccccc2n3-c2cc(C(C)(C)C)ccn2)[c-]c(N2[CH-]N(c3c(-c4cc(F)cc(F)c4)cc(C(C)(C)C)cc3-c3cc(C(C)(C)C)cc(C(C)(C)C)c3)c3ccccc32)c1.[Pt]. The number of para-hydroxylation sites is 3. The molecule has 0 spiro atoms. The van der Waals surface area contributed by atoms with Crippen LogP contribution < -0.4 is 14.5 Å². The summed E-state index contributed by atoms with van der Waals surface area (Å²) in [6, 6.07) is 58.9. The van der Waals surface area contributed by atoms with Gasteiger partial charge < -0.3 is 19.1 Å². The zero-order valence-corrected chi connectivity index (χ0v) is 53.8. The Morgan fingerprint density at radius 2 is 1.04 bits per heavy atom. The fourth-order valence-electron chi connectivity index (χ4n) is 11.6. The number of fused-ring (bicyclic) bond motifs is 4. The Bertz CT molecular complexity index is 4060. The number of hydrogen-bond acceptors (Lipinski definition) is 4. The third kappa shape index (κ3) is 11.5. The number of anilines is 4. The molecule has 0 unspecified atom stereocenters. The van der Waals surface area contributed by atoms with E-state index in [9.17, 15) is 0 Å². The van der Waals surface area contributed by atoms with E-state index in [2.05, 4.69) is 271 Å². The van der Waals surface area contributed by atoms with Gasteiger partial charge in [-0.1, -0.05) is 183 Å². The maximum atomic E-state index is 15.8. The number of aromatic nitrogens is 2. The molecule has 0 N–H and O–H groups in total. The van der Waals surface area contributed by atoms with Gasteiger partial charge in [0.1, 0.15) is 17.5 Å². The molecule has 84 heavy (non-hydrogen) atoms. The van der Waals surface area contributed by atoms with Crippen molar-refractivity contribution in [3.8, 4) is 50.7 Å². The Labute approximate surface area is 512 Å². The van der Waals surface area contributed by atoms with Gasteiger partial charge in [-0.25, -0.2) is 13.8 Å². The van der Waals surface area contributed by atoms with Crippen LogP contribution in [0.2, 0.25) is 0 Å². The van der Waals surface area contributed by atoms with Crippen LogP contribution in [0.4, 0.5) is 31.5 Å². The van der Waals surface area contributed by atoms with Crippen molar-refractivity contribution in [2.75, 3.05) is 9.80 Å². The minimum Gasteiger partial charge on any atom is -0.509 e. The second-order valence-electron chi connectivity index (χ2n) is 27.4. The van der Waals surface area contributed by atoms with Crippen LogP contribution in [-0.4, -0.2) is 9.55 Å². The van der Waals surface area contributed by atoms with E-state index in [1.807, 2.05) is 12.3 Å². The zero-order valence-electron chi connectivity index (χ0n) is 51.5. The molecule has 0 bridgehead atoms. The standard InChI is InChI=1S/C76H77F2N4O.Pt/c1-46(2)60-23-21-24-61(47(3)4)71(60)50-36-57(43-59(37-50)83-58-28-29-63-62-22-17-18-25-66(62)82(69(63)44-58)70-41-51(30-31-79-70)73(5,6)7)80-45-81(68-27-20-19-26-67(68)80)72-64(48-32-52(74(8,9)10)38-53(33-48)75(11,12)13)39-54(76(14,15)16)40-65(72)49-34-55(77)42-56(78)35-49;/h17-42,45-47H,1-16H3;/q-3;. The Hall–Kier alpha value is -7.34. The van der Waals surface area contributed by atoms with Gasteiger partial charge in [-0.05, 0) is 144 Å². The number of nitrogens with zero attached hydrogens (tertiary/aromatic N) is 4. The Kier molecular flexibility index (Phi) is 15.8. The first-order chi connectivity index (χ1) is 39.1. The van der Waals surface area contributed by atoms with Gasteiger partial charge in [0.15, 0.2) is 0 Å². The van der Waals surface area contributed by atoms with Gasteiger partial charge in [-0.2, -0.15) is 6.07 Å². The van der Waals surface area contributed by atoms with Gasteiger partial charge in [0.2, 0.25) is 0 Å². The molecule has 1 aliphatic rings. The van der Waals surface area contributed by atoms with Crippen molar-refractivity contribution < 1.29 is 34.6 Å². The van der Waals surface area contributed by atoms with Crippen molar-refractivity contribution >= 4 is 44.6 Å². The second kappa shape index (κ2) is 22.3. The van der Waals surface area contributed by atoms with Crippen molar-refractivity contribution in [2.45, 2.75) is 144 Å². The van der Waals surface area contributed by atoms with Gasteiger partial charge in [-0.3, -0.25) is 0 Å². The van der Waals surface area contributed by atoms with E-state index in [1.165, 1.54) is 39.9 Å². The van der Waals surface area contributed by atoms with Crippen molar-refractivity contribution in [1.82, 2.24) is 9.55 Å². The summed E-state index contributed by atoms with van der Waals surface area (Å²) in [6.45, 7) is 37.9. The van der Waals surface area contributed by atoms with E-state index >= 15 is 8.78 Å².